The smallest absolute Gasteiger partial charge is 0.339 e. The number of non-ortho nitro benzene ring substituents is 1. The normalized spacial score (nSPS) is 9.91. The van der Waals surface area contributed by atoms with Gasteiger partial charge in [-0.3, -0.25) is 10.1 Å². The zero-order valence-electron chi connectivity index (χ0n) is 12.2. The van der Waals surface area contributed by atoms with Gasteiger partial charge in [-0.15, -0.1) is 0 Å². The van der Waals surface area contributed by atoms with Crippen LogP contribution in [0.15, 0.2) is 52.3 Å². The first kappa shape index (κ1) is 16.5. The van der Waals surface area contributed by atoms with Crippen LogP contribution in [0.3, 0.4) is 0 Å². The van der Waals surface area contributed by atoms with Crippen LogP contribution in [0.1, 0.15) is 22.8 Å². The molecule has 0 atom stereocenters. The second kappa shape index (κ2) is 7.42. The first-order valence-corrected chi connectivity index (χ1v) is 7.50. The molecule has 2 aromatic carbocycles. The van der Waals surface area contributed by atoms with E-state index in [9.17, 15) is 14.9 Å². The van der Waals surface area contributed by atoms with Crippen LogP contribution in [0, 0.1) is 21.4 Å². The predicted molar refractivity (Wildman–Crippen MR) is 84.3 cm³/mol. The Hall–Kier alpha value is -2.85. The summed E-state index contributed by atoms with van der Waals surface area (Å²) in [6.07, 6.45) is 0. The number of nitro benzene ring substituents is 1. The van der Waals surface area contributed by atoms with Crippen molar-refractivity contribution in [1.29, 1.82) is 5.26 Å². The lowest BCUT2D eigenvalue weighted by atomic mass is 10.1. The standard InChI is InChI=1S/C16H12N2O4S/c1-2-22-16(19)15-9-14(6-3-11(15)10-17)23-13-7-4-12(5-8-13)18(20)21/h3-9H,2H2,1H3. The highest BCUT2D eigenvalue weighted by atomic mass is 32.2. The highest BCUT2D eigenvalue weighted by Gasteiger charge is 2.14. The van der Waals surface area contributed by atoms with E-state index in [0.29, 0.717) is 0 Å². The molecule has 0 spiro atoms. The van der Waals surface area contributed by atoms with Gasteiger partial charge in [-0.1, -0.05) is 11.8 Å². The summed E-state index contributed by atoms with van der Waals surface area (Å²) >= 11 is 1.34. The molecule has 0 aliphatic heterocycles. The number of ether oxygens (including phenoxy) is 1. The van der Waals surface area contributed by atoms with Gasteiger partial charge in [0.05, 0.1) is 22.7 Å². The van der Waals surface area contributed by atoms with Crippen molar-refractivity contribution in [3.05, 3.63) is 63.7 Å². The third-order valence-electron chi connectivity index (χ3n) is 2.89. The Labute approximate surface area is 136 Å². The largest absolute Gasteiger partial charge is 0.462 e. The summed E-state index contributed by atoms with van der Waals surface area (Å²) in [6, 6.07) is 12.9. The van der Waals surface area contributed by atoms with Gasteiger partial charge in [0.15, 0.2) is 0 Å². The summed E-state index contributed by atoms with van der Waals surface area (Å²) in [5.74, 6) is -0.546. The summed E-state index contributed by atoms with van der Waals surface area (Å²) in [6.45, 7) is 1.92. The van der Waals surface area contributed by atoms with E-state index in [1.54, 1.807) is 37.3 Å². The van der Waals surface area contributed by atoms with E-state index in [1.165, 1.54) is 23.9 Å². The van der Waals surface area contributed by atoms with Gasteiger partial charge in [-0.05, 0) is 37.3 Å². The van der Waals surface area contributed by atoms with Crippen LogP contribution < -0.4 is 0 Å². The minimum atomic E-state index is -0.546. The molecular weight excluding hydrogens is 316 g/mol. The molecule has 0 heterocycles. The number of nitro groups is 1. The summed E-state index contributed by atoms with van der Waals surface area (Å²) in [7, 11) is 0. The molecule has 0 amide bonds. The van der Waals surface area contributed by atoms with Crippen molar-refractivity contribution in [2.45, 2.75) is 16.7 Å². The molecule has 23 heavy (non-hydrogen) atoms. The third-order valence-corrected chi connectivity index (χ3v) is 3.89. The molecule has 0 aromatic heterocycles. The SMILES string of the molecule is CCOC(=O)c1cc(Sc2ccc([N+](=O)[O-])cc2)ccc1C#N. The van der Waals surface area contributed by atoms with Gasteiger partial charge in [-0.2, -0.15) is 5.26 Å². The number of benzene rings is 2. The molecule has 0 aliphatic carbocycles. The van der Waals surface area contributed by atoms with Crippen LogP contribution in [0.5, 0.6) is 0 Å². The molecule has 2 aromatic rings. The number of hydrogen-bond acceptors (Lipinski definition) is 6. The monoisotopic (exact) mass is 328 g/mol. The molecule has 0 unspecified atom stereocenters. The van der Waals surface area contributed by atoms with E-state index in [0.717, 1.165) is 9.79 Å². The maximum absolute atomic E-state index is 11.9. The average Bonchev–Trinajstić information content (AvgIpc) is 2.55. The number of esters is 1. The van der Waals surface area contributed by atoms with Crippen molar-refractivity contribution in [1.82, 2.24) is 0 Å². The average molecular weight is 328 g/mol. The highest BCUT2D eigenvalue weighted by Crippen LogP contribution is 2.30. The lowest BCUT2D eigenvalue weighted by Crippen LogP contribution is -2.07. The molecule has 0 radical (unpaired) electrons. The van der Waals surface area contributed by atoms with Crippen LogP contribution >= 0.6 is 11.8 Å². The maximum atomic E-state index is 11.9. The van der Waals surface area contributed by atoms with Gasteiger partial charge in [0.2, 0.25) is 0 Å². The molecular formula is C16H12N2O4S. The van der Waals surface area contributed by atoms with Crippen molar-refractivity contribution in [3.8, 4) is 6.07 Å². The zero-order chi connectivity index (χ0) is 16.8. The fraction of sp³-hybridized carbons (Fsp3) is 0.125. The third kappa shape index (κ3) is 4.08. The Kier molecular flexibility index (Phi) is 5.33. The zero-order valence-corrected chi connectivity index (χ0v) is 13.0. The van der Waals surface area contributed by atoms with Crippen LogP contribution in [-0.4, -0.2) is 17.5 Å². The van der Waals surface area contributed by atoms with E-state index in [-0.39, 0.29) is 23.4 Å². The molecule has 0 fully saturated rings. The highest BCUT2D eigenvalue weighted by molar-refractivity contribution is 7.99. The second-order valence-electron chi connectivity index (χ2n) is 4.39. The van der Waals surface area contributed by atoms with Crippen molar-refractivity contribution in [2.24, 2.45) is 0 Å². The number of nitrogens with zero attached hydrogens (tertiary/aromatic N) is 2. The van der Waals surface area contributed by atoms with Crippen LogP contribution in [0.4, 0.5) is 5.69 Å². The van der Waals surface area contributed by atoms with E-state index >= 15 is 0 Å². The van der Waals surface area contributed by atoms with Gasteiger partial charge in [0.1, 0.15) is 6.07 Å². The number of carbonyl (C=O) groups excluding carboxylic acids is 1. The van der Waals surface area contributed by atoms with Crippen molar-refractivity contribution >= 4 is 23.4 Å². The van der Waals surface area contributed by atoms with Gasteiger partial charge >= 0.3 is 5.97 Å². The van der Waals surface area contributed by atoms with Crippen molar-refractivity contribution in [3.63, 3.8) is 0 Å². The molecule has 116 valence electrons. The Balaban J connectivity index is 2.26. The first-order valence-electron chi connectivity index (χ1n) is 6.68. The van der Waals surface area contributed by atoms with Gasteiger partial charge in [0.25, 0.3) is 5.69 Å². The minimum absolute atomic E-state index is 0.0152. The Bertz CT molecular complexity index is 782. The molecule has 0 saturated carbocycles. The molecule has 7 heteroatoms. The van der Waals surface area contributed by atoms with E-state index in [4.69, 9.17) is 10.00 Å². The number of nitriles is 1. The minimum Gasteiger partial charge on any atom is -0.462 e. The summed E-state index contributed by atoms with van der Waals surface area (Å²) < 4.78 is 4.94. The summed E-state index contributed by atoms with van der Waals surface area (Å²) in [4.78, 5) is 23.6. The van der Waals surface area contributed by atoms with Gasteiger partial charge < -0.3 is 4.74 Å². The Morgan fingerprint density at radius 1 is 1.26 bits per heavy atom. The number of rotatable bonds is 5. The lowest BCUT2D eigenvalue weighted by Gasteiger charge is -2.07. The number of hydrogen-bond donors (Lipinski definition) is 0. The Morgan fingerprint density at radius 3 is 2.48 bits per heavy atom. The van der Waals surface area contributed by atoms with Crippen molar-refractivity contribution in [2.75, 3.05) is 6.61 Å². The van der Waals surface area contributed by atoms with Crippen molar-refractivity contribution < 1.29 is 14.5 Å². The lowest BCUT2D eigenvalue weighted by molar-refractivity contribution is -0.384. The van der Waals surface area contributed by atoms with Crippen LogP contribution in [0.2, 0.25) is 0 Å². The fourth-order valence-corrected chi connectivity index (χ4v) is 2.69. The van der Waals surface area contributed by atoms with Gasteiger partial charge in [-0.25, -0.2) is 4.79 Å². The van der Waals surface area contributed by atoms with E-state index in [1.807, 2.05) is 6.07 Å². The molecule has 6 nitrogen and oxygen atoms in total. The molecule has 0 bridgehead atoms. The van der Waals surface area contributed by atoms with E-state index < -0.39 is 10.9 Å². The van der Waals surface area contributed by atoms with Crippen LogP contribution in [-0.2, 0) is 4.74 Å². The first-order chi connectivity index (χ1) is 11.0. The fourth-order valence-electron chi connectivity index (χ4n) is 1.83. The predicted octanol–water partition coefficient (Wildman–Crippen LogP) is 3.79. The molecule has 0 aliphatic rings. The second-order valence-corrected chi connectivity index (χ2v) is 5.54. The maximum Gasteiger partial charge on any atom is 0.339 e. The number of carbonyl (C=O) groups is 1. The summed E-state index contributed by atoms with van der Waals surface area (Å²) in [5, 5.41) is 19.7. The van der Waals surface area contributed by atoms with E-state index in [2.05, 4.69) is 0 Å². The quantitative estimate of drug-likeness (QED) is 0.471. The molecule has 0 N–H and O–H groups in total. The Morgan fingerprint density at radius 2 is 1.91 bits per heavy atom. The topological polar surface area (TPSA) is 93.2 Å². The summed E-state index contributed by atoms with van der Waals surface area (Å²) in [5.41, 5.74) is 0.471. The van der Waals surface area contributed by atoms with Gasteiger partial charge in [0, 0.05) is 21.9 Å². The molecule has 2 rings (SSSR count). The molecule has 0 saturated heterocycles. The van der Waals surface area contributed by atoms with Crippen LogP contribution in [0.25, 0.3) is 0 Å².